The standard InChI is InChI=1S/C26H38F2N2O/c1-3-5-6-7-8-9-10-11-21-18-29-26(30-19-21)22-12-16-25(17-13-22)31-20-24(28)15-14-23(27)4-2/h12-13,16-19,23-24H,3-11,14-15,20H2,1-2H3. The number of halogens is 2. The highest BCUT2D eigenvalue weighted by Gasteiger charge is 2.12. The van der Waals surface area contributed by atoms with Crippen molar-refractivity contribution in [2.24, 2.45) is 0 Å². The fraction of sp³-hybridized carbons (Fsp3) is 0.615. The molecule has 2 atom stereocenters. The third-order valence-corrected chi connectivity index (χ3v) is 5.55. The van der Waals surface area contributed by atoms with Crippen LogP contribution in [0.3, 0.4) is 0 Å². The monoisotopic (exact) mass is 432 g/mol. The largest absolute Gasteiger partial charge is 0.491 e. The van der Waals surface area contributed by atoms with Gasteiger partial charge in [0.05, 0.1) is 6.17 Å². The van der Waals surface area contributed by atoms with Gasteiger partial charge in [-0.1, -0.05) is 52.4 Å². The van der Waals surface area contributed by atoms with Crippen LogP contribution in [0.5, 0.6) is 5.75 Å². The highest BCUT2D eigenvalue weighted by molar-refractivity contribution is 5.55. The van der Waals surface area contributed by atoms with Crippen molar-refractivity contribution in [3.05, 3.63) is 42.2 Å². The van der Waals surface area contributed by atoms with Crippen molar-refractivity contribution in [1.29, 1.82) is 0 Å². The van der Waals surface area contributed by atoms with Crippen LogP contribution in [-0.4, -0.2) is 28.9 Å². The number of nitrogens with zero attached hydrogens (tertiary/aromatic N) is 2. The van der Waals surface area contributed by atoms with Gasteiger partial charge in [0.15, 0.2) is 5.82 Å². The van der Waals surface area contributed by atoms with E-state index in [0.29, 0.717) is 18.0 Å². The first-order chi connectivity index (χ1) is 15.1. The van der Waals surface area contributed by atoms with Gasteiger partial charge >= 0.3 is 0 Å². The van der Waals surface area contributed by atoms with Gasteiger partial charge < -0.3 is 4.74 Å². The molecule has 0 bridgehead atoms. The van der Waals surface area contributed by atoms with E-state index in [2.05, 4.69) is 16.9 Å². The maximum atomic E-state index is 13.8. The van der Waals surface area contributed by atoms with Gasteiger partial charge in [-0.3, -0.25) is 0 Å². The molecule has 0 aliphatic rings. The summed E-state index contributed by atoms with van der Waals surface area (Å²) in [6, 6.07) is 7.34. The van der Waals surface area contributed by atoms with Gasteiger partial charge in [0.25, 0.3) is 0 Å². The smallest absolute Gasteiger partial charge is 0.159 e. The van der Waals surface area contributed by atoms with Crippen molar-refractivity contribution in [3.8, 4) is 17.1 Å². The van der Waals surface area contributed by atoms with Gasteiger partial charge in [0.2, 0.25) is 0 Å². The number of rotatable bonds is 16. The zero-order valence-electron chi connectivity index (χ0n) is 19.2. The molecule has 0 saturated heterocycles. The molecular weight excluding hydrogens is 394 g/mol. The maximum Gasteiger partial charge on any atom is 0.159 e. The molecule has 0 radical (unpaired) electrons. The molecule has 172 valence electrons. The SMILES string of the molecule is CCCCCCCCCc1cnc(-c2ccc(OCC(F)CCC(F)CC)cc2)nc1. The first kappa shape index (κ1) is 25.2. The van der Waals surface area contributed by atoms with E-state index < -0.39 is 12.3 Å². The molecular formula is C26H38F2N2O. The molecule has 31 heavy (non-hydrogen) atoms. The molecule has 5 heteroatoms. The molecule has 1 aromatic carbocycles. The van der Waals surface area contributed by atoms with Gasteiger partial charge in [0.1, 0.15) is 18.5 Å². The van der Waals surface area contributed by atoms with E-state index in [1.807, 2.05) is 24.5 Å². The van der Waals surface area contributed by atoms with Gasteiger partial charge in [-0.2, -0.15) is 0 Å². The number of benzene rings is 1. The first-order valence-corrected chi connectivity index (χ1v) is 11.9. The molecule has 0 spiro atoms. The number of aromatic nitrogens is 2. The quantitative estimate of drug-likeness (QED) is 0.255. The number of alkyl halides is 2. The summed E-state index contributed by atoms with van der Waals surface area (Å²) in [5.74, 6) is 1.26. The zero-order valence-corrected chi connectivity index (χ0v) is 19.2. The highest BCUT2D eigenvalue weighted by atomic mass is 19.1. The molecule has 0 saturated carbocycles. The summed E-state index contributed by atoms with van der Waals surface area (Å²) in [5, 5.41) is 0. The lowest BCUT2D eigenvalue weighted by molar-refractivity contribution is 0.170. The maximum absolute atomic E-state index is 13.8. The van der Waals surface area contributed by atoms with Crippen LogP contribution >= 0.6 is 0 Å². The molecule has 0 amide bonds. The molecule has 3 nitrogen and oxygen atoms in total. The lowest BCUT2D eigenvalue weighted by Crippen LogP contribution is -2.14. The Morgan fingerprint density at radius 3 is 2.06 bits per heavy atom. The van der Waals surface area contributed by atoms with E-state index in [9.17, 15) is 8.78 Å². The van der Waals surface area contributed by atoms with Gasteiger partial charge in [0, 0.05) is 18.0 Å². The lowest BCUT2D eigenvalue weighted by Gasteiger charge is -2.12. The number of aryl methyl sites for hydroxylation is 1. The Morgan fingerprint density at radius 1 is 0.806 bits per heavy atom. The second-order valence-corrected chi connectivity index (χ2v) is 8.30. The van der Waals surface area contributed by atoms with Crippen molar-refractivity contribution in [1.82, 2.24) is 9.97 Å². The second-order valence-electron chi connectivity index (χ2n) is 8.30. The summed E-state index contributed by atoms with van der Waals surface area (Å²) in [6.07, 6.45) is 12.7. The van der Waals surface area contributed by atoms with Crippen molar-refractivity contribution >= 4 is 0 Å². The molecule has 0 fully saturated rings. The van der Waals surface area contributed by atoms with E-state index in [1.54, 1.807) is 19.1 Å². The van der Waals surface area contributed by atoms with Gasteiger partial charge in [-0.25, -0.2) is 18.7 Å². The van der Waals surface area contributed by atoms with Crippen LogP contribution in [0.25, 0.3) is 11.4 Å². The van der Waals surface area contributed by atoms with Crippen LogP contribution in [0.2, 0.25) is 0 Å². The minimum Gasteiger partial charge on any atom is -0.491 e. The molecule has 0 aliphatic heterocycles. The molecule has 2 aromatic rings. The summed E-state index contributed by atoms with van der Waals surface area (Å²) < 4.78 is 32.5. The fourth-order valence-electron chi connectivity index (χ4n) is 3.46. The lowest BCUT2D eigenvalue weighted by atomic mass is 10.1. The van der Waals surface area contributed by atoms with Crippen molar-refractivity contribution < 1.29 is 13.5 Å². The number of unbranched alkanes of at least 4 members (excludes halogenated alkanes) is 6. The second kappa shape index (κ2) is 14.9. The molecule has 0 aliphatic carbocycles. The zero-order chi connectivity index (χ0) is 22.3. The number of hydrogen-bond acceptors (Lipinski definition) is 3. The minimum absolute atomic E-state index is 0.0560. The Bertz CT molecular complexity index is 706. The van der Waals surface area contributed by atoms with Crippen LogP contribution in [0.4, 0.5) is 8.78 Å². The average Bonchev–Trinajstić information content (AvgIpc) is 2.81. The molecule has 2 rings (SSSR count). The molecule has 0 N–H and O–H groups in total. The Balaban J connectivity index is 1.72. The van der Waals surface area contributed by atoms with E-state index in [-0.39, 0.29) is 19.4 Å². The summed E-state index contributed by atoms with van der Waals surface area (Å²) in [7, 11) is 0. The van der Waals surface area contributed by atoms with Crippen molar-refractivity contribution in [2.45, 2.75) is 96.8 Å². The fourth-order valence-corrected chi connectivity index (χ4v) is 3.46. The molecule has 1 aromatic heterocycles. The predicted molar refractivity (Wildman–Crippen MR) is 124 cm³/mol. The Morgan fingerprint density at radius 2 is 1.42 bits per heavy atom. The number of hydrogen-bond donors (Lipinski definition) is 0. The van der Waals surface area contributed by atoms with Crippen LogP contribution in [-0.2, 0) is 6.42 Å². The number of ether oxygens (including phenoxy) is 1. The Labute approximate surface area is 186 Å². The van der Waals surface area contributed by atoms with Crippen molar-refractivity contribution in [2.75, 3.05) is 6.61 Å². The average molecular weight is 433 g/mol. The molecule has 2 unspecified atom stereocenters. The van der Waals surface area contributed by atoms with Crippen LogP contribution < -0.4 is 4.74 Å². The van der Waals surface area contributed by atoms with Crippen LogP contribution in [0, 0.1) is 0 Å². The van der Waals surface area contributed by atoms with E-state index in [1.165, 1.54) is 50.5 Å². The molecule has 1 heterocycles. The minimum atomic E-state index is -1.16. The normalized spacial score (nSPS) is 13.2. The first-order valence-electron chi connectivity index (χ1n) is 11.9. The van der Waals surface area contributed by atoms with Crippen molar-refractivity contribution in [3.63, 3.8) is 0 Å². The van der Waals surface area contributed by atoms with Gasteiger partial charge in [-0.05, 0) is 61.9 Å². The third kappa shape index (κ3) is 10.2. The third-order valence-electron chi connectivity index (χ3n) is 5.55. The van der Waals surface area contributed by atoms with E-state index in [0.717, 1.165) is 12.0 Å². The summed E-state index contributed by atoms with van der Waals surface area (Å²) in [5.41, 5.74) is 2.07. The summed E-state index contributed by atoms with van der Waals surface area (Å²) in [4.78, 5) is 8.99. The Hall–Kier alpha value is -2.04. The summed E-state index contributed by atoms with van der Waals surface area (Å²) in [6.45, 7) is 3.95. The summed E-state index contributed by atoms with van der Waals surface area (Å²) >= 11 is 0. The van der Waals surface area contributed by atoms with Gasteiger partial charge in [-0.15, -0.1) is 0 Å². The van der Waals surface area contributed by atoms with E-state index in [4.69, 9.17) is 4.74 Å². The van der Waals surface area contributed by atoms with E-state index >= 15 is 0 Å². The van der Waals surface area contributed by atoms with Crippen LogP contribution in [0.15, 0.2) is 36.7 Å². The topological polar surface area (TPSA) is 35.0 Å². The predicted octanol–water partition coefficient (Wildman–Crippen LogP) is 7.68. The Kier molecular flexibility index (Phi) is 12.1. The van der Waals surface area contributed by atoms with Crippen LogP contribution in [0.1, 0.15) is 83.6 Å². The highest BCUT2D eigenvalue weighted by Crippen LogP contribution is 2.20.